The number of sulfonamides is 1. The summed E-state index contributed by atoms with van der Waals surface area (Å²) in [7, 11) is -3.56. The second kappa shape index (κ2) is 8.17. The van der Waals surface area contributed by atoms with Gasteiger partial charge in [-0.3, -0.25) is 0 Å². The normalized spacial score (nSPS) is 12.5. The van der Waals surface area contributed by atoms with E-state index in [-0.39, 0.29) is 17.5 Å². The fourth-order valence-corrected chi connectivity index (χ4v) is 3.71. The van der Waals surface area contributed by atoms with Crippen LogP contribution >= 0.6 is 0 Å². The van der Waals surface area contributed by atoms with Crippen molar-refractivity contribution in [2.24, 2.45) is 0 Å². The second-order valence-corrected chi connectivity index (χ2v) is 7.91. The Balaban J connectivity index is 1.78. The van der Waals surface area contributed by atoms with Gasteiger partial charge in [-0.15, -0.1) is 0 Å². The predicted octanol–water partition coefficient (Wildman–Crippen LogP) is 4.13. The van der Waals surface area contributed by atoms with Gasteiger partial charge < -0.3 is 5.32 Å². The number of hydrogen-bond donors (Lipinski definition) is 2. The molecule has 0 saturated carbocycles. The molecule has 0 radical (unpaired) electrons. The number of benzene rings is 3. The molecule has 0 aliphatic heterocycles. The maximum atomic E-state index is 12.6. The van der Waals surface area contributed by atoms with Gasteiger partial charge in [-0.2, -0.15) is 0 Å². The summed E-state index contributed by atoms with van der Waals surface area (Å²) in [6.07, 6.45) is 0. The van der Waals surface area contributed by atoms with E-state index in [1.54, 1.807) is 24.3 Å². The molecule has 1 atom stereocenters. The summed E-state index contributed by atoms with van der Waals surface area (Å²) in [6, 6.07) is 26.2. The molecule has 4 nitrogen and oxygen atoms in total. The minimum absolute atomic E-state index is 0.182. The van der Waals surface area contributed by atoms with Crippen molar-refractivity contribution in [1.82, 2.24) is 4.72 Å². The number of aryl methyl sites for hydroxylation is 1. The van der Waals surface area contributed by atoms with Crippen LogP contribution in [0.15, 0.2) is 89.8 Å². The quantitative estimate of drug-likeness (QED) is 0.661. The van der Waals surface area contributed by atoms with E-state index in [0.717, 1.165) is 16.8 Å². The van der Waals surface area contributed by atoms with Crippen LogP contribution in [0.3, 0.4) is 0 Å². The summed E-state index contributed by atoms with van der Waals surface area (Å²) < 4.78 is 27.9. The molecule has 26 heavy (non-hydrogen) atoms. The lowest BCUT2D eigenvalue weighted by molar-refractivity contribution is 0.576. The first-order valence-electron chi connectivity index (χ1n) is 8.47. The number of hydrogen-bond acceptors (Lipinski definition) is 3. The van der Waals surface area contributed by atoms with Gasteiger partial charge >= 0.3 is 0 Å². The molecule has 3 aromatic rings. The van der Waals surface area contributed by atoms with Crippen LogP contribution in [0.1, 0.15) is 17.2 Å². The Morgan fingerprint density at radius 3 is 2.00 bits per heavy atom. The lowest BCUT2D eigenvalue weighted by Gasteiger charge is -2.21. The van der Waals surface area contributed by atoms with Crippen molar-refractivity contribution < 1.29 is 8.42 Å². The van der Waals surface area contributed by atoms with Crippen molar-refractivity contribution in [3.8, 4) is 0 Å². The van der Waals surface area contributed by atoms with Crippen LogP contribution in [0.4, 0.5) is 5.69 Å². The molecule has 3 rings (SSSR count). The standard InChI is InChI=1S/C21H22N2O2S/c1-17-12-14-20(15-13-17)26(24,25)22-16-21(18-8-4-2-5-9-18)23-19-10-6-3-7-11-19/h2-15,21-23H,16H2,1H3. The molecule has 0 spiro atoms. The Morgan fingerprint density at radius 1 is 0.808 bits per heavy atom. The largest absolute Gasteiger partial charge is 0.377 e. The van der Waals surface area contributed by atoms with Crippen molar-refractivity contribution in [2.75, 3.05) is 11.9 Å². The summed E-state index contributed by atoms with van der Waals surface area (Å²) in [6.45, 7) is 2.17. The van der Waals surface area contributed by atoms with Gasteiger partial charge in [0.2, 0.25) is 10.0 Å². The molecule has 2 N–H and O–H groups in total. The van der Waals surface area contributed by atoms with Crippen molar-refractivity contribution in [1.29, 1.82) is 0 Å². The average Bonchev–Trinajstić information content (AvgIpc) is 2.67. The second-order valence-electron chi connectivity index (χ2n) is 6.14. The third kappa shape index (κ3) is 4.71. The smallest absolute Gasteiger partial charge is 0.240 e. The minimum atomic E-state index is -3.56. The van der Waals surface area contributed by atoms with Crippen molar-refractivity contribution in [3.05, 3.63) is 96.1 Å². The van der Waals surface area contributed by atoms with Gasteiger partial charge in [-0.25, -0.2) is 13.1 Å². The molecule has 0 amide bonds. The third-order valence-corrected chi connectivity index (χ3v) is 5.56. The number of para-hydroxylation sites is 1. The zero-order valence-corrected chi connectivity index (χ0v) is 15.4. The van der Waals surface area contributed by atoms with E-state index in [1.165, 1.54) is 0 Å². The summed E-state index contributed by atoms with van der Waals surface area (Å²) in [5.74, 6) is 0. The Bertz CT molecular complexity index is 925. The first kappa shape index (κ1) is 18.2. The molecule has 0 heterocycles. The lowest BCUT2D eigenvalue weighted by Crippen LogP contribution is -2.31. The Labute approximate surface area is 155 Å². The van der Waals surface area contributed by atoms with Gasteiger partial charge in [0, 0.05) is 12.2 Å². The number of rotatable bonds is 7. The van der Waals surface area contributed by atoms with Crippen molar-refractivity contribution in [3.63, 3.8) is 0 Å². The van der Waals surface area contributed by atoms with Crippen LogP contribution in [0.5, 0.6) is 0 Å². The van der Waals surface area contributed by atoms with Crippen molar-refractivity contribution in [2.45, 2.75) is 17.9 Å². The highest BCUT2D eigenvalue weighted by Gasteiger charge is 2.18. The molecule has 134 valence electrons. The van der Waals surface area contributed by atoms with Crippen LogP contribution in [-0.4, -0.2) is 15.0 Å². The number of anilines is 1. The topological polar surface area (TPSA) is 58.2 Å². The van der Waals surface area contributed by atoms with Gasteiger partial charge in [0.15, 0.2) is 0 Å². The van der Waals surface area contributed by atoms with Gasteiger partial charge in [0.1, 0.15) is 0 Å². The Hall–Kier alpha value is -2.63. The first-order valence-corrected chi connectivity index (χ1v) is 9.96. The molecule has 0 fully saturated rings. The van der Waals surface area contributed by atoms with E-state index in [4.69, 9.17) is 0 Å². The maximum absolute atomic E-state index is 12.6. The van der Waals surface area contributed by atoms with Crippen LogP contribution in [0.2, 0.25) is 0 Å². The molecule has 0 bridgehead atoms. The minimum Gasteiger partial charge on any atom is -0.377 e. The van der Waals surface area contributed by atoms with Crippen LogP contribution in [0, 0.1) is 6.92 Å². The molecule has 0 saturated heterocycles. The monoisotopic (exact) mass is 366 g/mol. The van der Waals surface area contributed by atoms with E-state index in [9.17, 15) is 8.42 Å². The van der Waals surface area contributed by atoms with E-state index >= 15 is 0 Å². The van der Waals surface area contributed by atoms with Crippen molar-refractivity contribution >= 4 is 15.7 Å². The summed E-state index contributed by atoms with van der Waals surface area (Å²) >= 11 is 0. The van der Waals surface area contributed by atoms with Crippen LogP contribution < -0.4 is 10.0 Å². The molecule has 5 heteroatoms. The summed E-state index contributed by atoms with van der Waals surface area (Å²) in [5.41, 5.74) is 2.98. The zero-order chi connectivity index (χ0) is 18.4. The fraction of sp³-hybridized carbons (Fsp3) is 0.143. The van der Waals surface area contributed by atoms with E-state index in [2.05, 4.69) is 10.0 Å². The Morgan fingerprint density at radius 2 is 1.38 bits per heavy atom. The molecular weight excluding hydrogens is 344 g/mol. The highest BCUT2D eigenvalue weighted by molar-refractivity contribution is 7.89. The molecule has 0 aromatic heterocycles. The van der Waals surface area contributed by atoms with Gasteiger partial charge in [-0.05, 0) is 36.8 Å². The highest BCUT2D eigenvalue weighted by Crippen LogP contribution is 2.20. The lowest BCUT2D eigenvalue weighted by atomic mass is 10.1. The van der Waals surface area contributed by atoms with Crippen LogP contribution in [0.25, 0.3) is 0 Å². The SMILES string of the molecule is Cc1ccc(S(=O)(=O)NCC(Nc2ccccc2)c2ccccc2)cc1. The first-order chi connectivity index (χ1) is 12.5. The van der Waals surface area contributed by atoms with Gasteiger partial charge in [-0.1, -0.05) is 66.2 Å². The molecular formula is C21H22N2O2S. The van der Waals surface area contributed by atoms with Crippen LogP contribution in [-0.2, 0) is 10.0 Å². The zero-order valence-electron chi connectivity index (χ0n) is 14.6. The maximum Gasteiger partial charge on any atom is 0.240 e. The summed E-state index contributed by atoms with van der Waals surface area (Å²) in [5, 5.41) is 3.40. The third-order valence-electron chi connectivity index (χ3n) is 4.13. The highest BCUT2D eigenvalue weighted by atomic mass is 32.2. The average molecular weight is 366 g/mol. The number of nitrogens with one attached hydrogen (secondary N) is 2. The summed E-state index contributed by atoms with van der Waals surface area (Å²) in [4.78, 5) is 0.273. The fourth-order valence-electron chi connectivity index (χ4n) is 2.67. The predicted molar refractivity (Wildman–Crippen MR) is 106 cm³/mol. The molecule has 0 aliphatic carbocycles. The molecule has 3 aromatic carbocycles. The molecule has 1 unspecified atom stereocenters. The van der Waals surface area contributed by atoms with E-state index < -0.39 is 10.0 Å². The van der Waals surface area contributed by atoms with Gasteiger partial charge in [0.25, 0.3) is 0 Å². The van der Waals surface area contributed by atoms with Gasteiger partial charge in [0.05, 0.1) is 10.9 Å². The van der Waals surface area contributed by atoms with E-state index in [1.807, 2.05) is 67.6 Å². The Kier molecular flexibility index (Phi) is 5.71. The molecule has 0 aliphatic rings. The van der Waals surface area contributed by atoms with E-state index in [0.29, 0.717) is 0 Å².